The number of hydrogen-bond donors (Lipinski definition) is 0. The van der Waals surface area contributed by atoms with Crippen LogP contribution in [0.15, 0.2) is 243 Å². The molecular formula is C63H43N5. The summed E-state index contributed by atoms with van der Waals surface area (Å²) >= 11 is 0. The summed E-state index contributed by atoms with van der Waals surface area (Å²) in [7, 11) is 0. The lowest BCUT2D eigenvalue weighted by atomic mass is 9.92. The van der Waals surface area contributed by atoms with Gasteiger partial charge in [-0.1, -0.05) is 194 Å². The van der Waals surface area contributed by atoms with Crippen LogP contribution in [0, 0.1) is 0 Å². The van der Waals surface area contributed by atoms with E-state index in [1.165, 1.54) is 44.2 Å². The van der Waals surface area contributed by atoms with Crippen molar-refractivity contribution in [2.45, 2.75) is 12.3 Å². The van der Waals surface area contributed by atoms with Gasteiger partial charge in [-0.3, -0.25) is 4.57 Å². The normalized spacial score (nSPS) is 13.7. The van der Waals surface area contributed by atoms with Crippen LogP contribution in [0.2, 0.25) is 0 Å². The van der Waals surface area contributed by atoms with Crippen molar-refractivity contribution >= 4 is 49.2 Å². The molecule has 12 aromatic rings. The van der Waals surface area contributed by atoms with E-state index >= 15 is 0 Å². The van der Waals surface area contributed by atoms with Gasteiger partial charge in [0.2, 0.25) is 5.95 Å². The Kier molecular flexibility index (Phi) is 9.57. The Morgan fingerprint density at radius 2 is 0.882 bits per heavy atom. The maximum atomic E-state index is 5.43. The Bertz CT molecular complexity index is 3860. The van der Waals surface area contributed by atoms with Crippen molar-refractivity contribution in [3.8, 4) is 56.4 Å². The maximum Gasteiger partial charge on any atom is 0.238 e. The standard InChI is InChI=1S/C63H43N5/c1-5-20-42(21-6-1)46-28-19-29-47(36-46)62-64-61(45-26-11-4-12-27-45)65-63(66-62)68-58-35-18-15-32-53(58)55-40-54-52-31-14-17-34-57(52)67(59(54)41-60(55)68)56-33-16-13-30-51(56)50-38-48(43-22-7-2-8-23-43)37-49(39-50)44-24-9-3-10-25-44/h1-28,30-41,47H,29H2. The summed E-state index contributed by atoms with van der Waals surface area (Å²) in [6, 6.07) is 80.3. The van der Waals surface area contributed by atoms with Gasteiger partial charge >= 0.3 is 0 Å². The van der Waals surface area contributed by atoms with E-state index in [1.54, 1.807) is 0 Å². The number of rotatable bonds is 8. The fourth-order valence-corrected chi connectivity index (χ4v) is 10.2. The molecule has 0 aliphatic heterocycles. The molecule has 1 atom stereocenters. The Morgan fingerprint density at radius 3 is 1.53 bits per heavy atom. The summed E-state index contributed by atoms with van der Waals surface area (Å²) < 4.78 is 4.71. The molecule has 3 aromatic heterocycles. The van der Waals surface area contributed by atoms with Crippen molar-refractivity contribution < 1.29 is 0 Å². The van der Waals surface area contributed by atoms with Gasteiger partial charge in [0.1, 0.15) is 5.82 Å². The highest BCUT2D eigenvalue weighted by Crippen LogP contribution is 2.43. The molecule has 1 aliphatic carbocycles. The molecule has 0 saturated carbocycles. The van der Waals surface area contributed by atoms with Gasteiger partial charge in [0.15, 0.2) is 5.82 Å². The van der Waals surface area contributed by atoms with E-state index in [4.69, 9.17) is 15.0 Å². The van der Waals surface area contributed by atoms with Gasteiger partial charge in [0.05, 0.1) is 27.8 Å². The van der Waals surface area contributed by atoms with Crippen molar-refractivity contribution in [3.05, 3.63) is 254 Å². The number of allylic oxidation sites excluding steroid dienone is 4. The second kappa shape index (κ2) is 16.5. The summed E-state index contributed by atoms with van der Waals surface area (Å²) in [4.78, 5) is 16.0. The molecule has 13 rings (SSSR count). The fraction of sp³-hybridized carbons (Fsp3) is 0.0317. The summed E-state index contributed by atoms with van der Waals surface area (Å²) in [5, 5.41) is 4.66. The molecule has 1 aliphatic rings. The van der Waals surface area contributed by atoms with E-state index in [1.807, 2.05) is 18.2 Å². The Morgan fingerprint density at radius 1 is 0.368 bits per heavy atom. The minimum Gasteiger partial charge on any atom is -0.309 e. The van der Waals surface area contributed by atoms with E-state index in [-0.39, 0.29) is 5.92 Å². The van der Waals surface area contributed by atoms with E-state index in [0.29, 0.717) is 11.8 Å². The quantitative estimate of drug-likeness (QED) is 0.153. The lowest BCUT2D eigenvalue weighted by Crippen LogP contribution is -2.12. The largest absolute Gasteiger partial charge is 0.309 e. The van der Waals surface area contributed by atoms with Crippen molar-refractivity contribution in [2.75, 3.05) is 0 Å². The topological polar surface area (TPSA) is 48.5 Å². The summed E-state index contributed by atoms with van der Waals surface area (Å²) in [6.45, 7) is 0. The molecule has 1 unspecified atom stereocenters. The molecule has 5 nitrogen and oxygen atoms in total. The number of fused-ring (bicyclic) bond motifs is 6. The van der Waals surface area contributed by atoms with E-state index in [9.17, 15) is 0 Å². The third kappa shape index (κ3) is 6.83. The smallest absolute Gasteiger partial charge is 0.238 e. The highest BCUT2D eigenvalue weighted by atomic mass is 15.2. The molecule has 320 valence electrons. The lowest BCUT2D eigenvalue weighted by molar-refractivity contribution is 0.752. The number of para-hydroxylation sites is 3. The molecule has 5 heteroatoms. The zero-order valence-electron chi connectivity index (χ0n) is 37.1. The Balaban J connectivity index is 1.06. The molecule has 0 spiro atoms. The minimum atomic E-state index is -0.0407. The van der Waals surface area contributed by atoms with Crippen LogP contribution in [0.1, 0.15) is 23.7 Å². The van der Waals surface area contributed by atoms with Gasteiger partial charge < -0.3 is 4.57 Å². The van der Waals surface area contributed by atoms with Gasteiger partial charge in [-0.25, -0.2) is 4.98 Å². The van der Waals surface area contributed by atoms with Crippen LogP contribution in [0.4, 0.5) is 0 Å². The maximum absolute atomic E-state index is 5.43. The van der Waals surface area contributed by atoms with Crippen LogP contribution in [0.3, 0.4) is 0 Å². The first-order valence-corrected chi connectivity index (χ1v) is 23.3. The molecule has 0 saturated heterocycles. The monoisotopic (exact) mass is 869 g/mol. The molecular weight excluding hydrogens is 827 g/mol. The molecule has 68 heavy (non-hydrogen) atoms. The van der Waals surface area contributed by atoms with Crippen LogP contribution in [-0.4, -0.2) is 24.1 Å². The summed E-state index contributed by atoms with van der Waals surface area (Å²) in [5.74, 6) is 1.95. The zero-order valence-corrected chi connectivity index (χ0v) is 37.1. The lowest BCUT2D eigenvalue weighted by Gasteiger charge is -2.18. The third-order valence-electron chi connectivity index (χ3n) is 13.4. The first-order chi connectivity index (χ1) is 33.7. The zero-order chi connectivity index (χ0) is 45.0. The highest BCUT2D eigenvalue weighted by Gasteiger charge is 2.24. The molecule has 0 N–H and O–H groups in total. The molecule has 0 bridgehead atoms. The molecule has 0 fully saturated rings. The summed E-state index contributed by atoms with van der Waals surface area (Å²) in [6.07, 6.45) is 7.56. The van der Waals surface area contributed by atoms with Gasteiger partial charge in [0, 0.05) is 38.6 Å². The van der Waals surface area contributed by atoms with E-state index in [2.05, 4.69) is 234 Å². The number of benzene rings is 9. The molecule has 3 heterocycles. The van der Waals surface area contributed by atoms with Crippen LogP contribution in [0.5, 0.6) is 0 Å². The molecule has 0 radical (unpaired) electrons. The van der Waals surface area contributed by atoms with Crippen LogP contribution in [-0.2, 0) is 0 Å². The Hall–Kier alpha value is -8.93. The fourth-order valence-electron chi connectivity index (χ4n) is 10.2. The van der Waals surface area contributed by atoms with Gasteiger partial charge in [-0.15, -0.1) is 0 Å². The molecule has 0 amide bonds. The first-order valence-electron chi connectivity index (χ1n) is 23.3. The highest BCUT2D eigenvalue weighted by molar-refractivity contribution is 6.19. The predicted octanol–water partition coefficient (Wildman–Crippen LogP) is 15.9. The summed E-state index contributed by atoms with van der Waals surface area (Å²) in [5.41, 5.74) is 15.7. The van der Waals surface area contributed by atoms with Crippen LogP contribution >= 0.6 is 0 Å². The average molecular weight is 870 g/mol. The van der Waals surface area contributed by atoms with Crippen molar-refractivity contribution in [2.24, 2.45) is 0 Å². The van der Waals surface area contributed by atoms with Crippen molar-refractivity contribution in [3.63, 3.8) is 0 Å². The average Bonchev–Trinajstić information content (AvgIpc) is 3.92. The minimum absolute atomic E-state index is 0.0407. The predicted molar refractivity (Wildman–Crippen MR) is 281 cm³/mol. The second-order valence-corrected chi connectivity index (χ2v) is 17.6. The third-order valence-corrected chi connectivity index (χ3v) is 13.4. The molecule has 9 aromatic carbocycles. The van der Waals surface area contributed by atoms with E-state index < -0.39 is 0 Å². The van der Waals surface area contributed by atoms with Crippen molar-refractivity contribution in [1.29, 1.82) is 0 Å². The van der Waals surface area contributed by atoms with Gasteiger partial charge in [-0.05, 0) is 93.9 Å². The van der Waals surface area contributed by atoms with Crippen molar-refractivity contribution in [1.82, 2.24) is 24.1 Å². The second-order valence-electron chi connectivity index (χ2n) is 17.6. The van der Waals surface area contributed by atoms with Crippen LogP contribution in [0.25, 0.3) is 106 Å². The number of hydrogen-bond acceptors (Lipinski definition) is 3. The van der Waals surface area contributed by atoms with Gasteiger partial charge in [-0.2, -0.15) is 9.97 Å². The number of nitrogens with zero attached hydrogens (tertiary/aromatic N) is 5. The number of aromatic nitrogens is 5. The van der Waals surface area contributed by atoms with Gasteiger partial charge in [0.25, 0.3) is 0 Å². The SMILES string of the molecule is C1=CC(c2ccccc2)=CC(c2nc(-c3ccccc3)nc(-n3c4ccccc4c4cc5c6ccccc6n(-c6ccccc6-c6cc(-c7ccccc7)cc(-c7ccccc7)c6)c5cc43)n2)C1. The van der Waals surface area contributed by atoms with Crippen LogP contribution < -0.4 is 0 Å². The first kappa shape index (κ1) is 39.4. The Labute approximate surface area is 394 Å². The van der Waals surface area contributed by atoms with E-state index in [0.717, 1.165) is 67.5 Å².